The van der Waals surface area contributed by atoms with Gasteiger partial charge in [0, 0.05) is 19.1 Å². The van der Waals surface area contributed by atoms with Gasteiger partial charge in [-0.1, -0.05) is 23.3 Å². The van der Waals surface area contributed by atoms with E-state index < -0.39 is 0 Å². The van der Waals surface area contributed by atoms with Gasteiger partial charge in [-0.05, 0) is 48.9 Å². The molecule has 1 fully saturated rings. The summed E-state index contributed by atoms with van der Waals surface area (Å²) in [6, 6.07) is 10.5. The van der Waals surface area contributed by atoms with Crippen LogP contribution in [0.1, 0.15) is 19.3 Å². The molecule has 0 aliphatic carbocycles. The topological polar surface area (TPSA) is 58.9 Å². The van der Waals surface area contributed by atoms with Crippen molar-refractivity contribution in [2.24, 2.45) is 0 Å². The zero-order valence-corrected chi connectivity index (χ0v) is 11.7. The molecule has 0 saturated carbocycles. The Morgan fingerprint density at radius 1 is 1.25 bits per heavy atom. The van der Waals surface area contributed by atoms with Gasteiger partial charge in [0.05, 0.1) is 5.69 Å². The molecule has 1 N–H and O–H groups in total. The maximum atomic E-state index is 4.25. The van der Waals surface area contributed by atoms with Crippen LogP contribution >= 0.6 is 0 Å². The molecule has 1 saturated heterocycles. The molecule has 6 heteroatoms. The Morgan fingerprint density at radius 3 is 2.90 bits per heavy atom. The fraction of sp³-hybridized carbons (Fsp3) is 0.500. The van der Waals surface area contributed by atoms with Gasteiger partial charge in [0.1, 0.15) is 0 Å². The highest BCUT2D eigenvalue weighted by molar-refractivity contribution is 5.41. The lowest BCUT2D eigenvalue weighted by Crippen LogP contribution is -2.46. The van der Waals surface area contributed by atoms with Crippen molar-refractivity contribution >= 4 is 5.95 Å². The molecule has 20 heavy (non-hydrogen) atoms. The summed E-state index contributed by atoms with van der Waals surface area (Å²) in [5, 5.41) is 15.5. The highest BCUT2D eigenvalue weighted by atomic mass is 15.6. The molecule has 0 amide bonds. The number of para-hydroxylation sites is 1. The van der Waals surface area contributed by atoms with Gasteiger partial charge in [0.2, 0.25) is 0 Å². The van der Waals surface area contributed by atoms with Crippen molar-refractivity contribution < 1.29 is 0 Å². The van der Waals surface area contributed by atoms with E-state index >= 15 is 0 Å². The molecular formula is C14H20N6. The first-order valence-corrected chi connectivity index (χ1v) is 7.15. The molecule has 106 valence electrons. The smallest absolute Gasteiger partial charge is 0.250 e. The largest absolute Gasteiger partial charge is 0.335 e. The van der Waals surface area contributed by atoms with Gasteiger partial charge < -0.3 is 10.2 Å². The number of piperidine rings is 1. The SMILES string of the molecule is CNCC1CCCCN1c1nnnn1-c1ccccc1. The van der Waals surface area contributed by atoms with Crippen LogP contribution < -0.4 is 10.2 Å². The fourth-order valence-electron chi connectivity index (χ4n) is 2.81. The lowest BCUT2D eigenvalue weighted by atomic mass is 10.0. The molecule has 0 spiro atoms. The summed E-state index contributed by atoms with van der Waals surface area (Å²) in [6.07, 6.45) is 3.65. The molecule has 1 unspecified atom stereocenters. The van der Waals surface area contributed by atoms with Crippen LogP contribution in [0, 0.1) is 0 Å². The van der Waals surface area contributed by atoms with Gasteiger partial charge in [-0.15, -0.1) is 0 Å². The van der Waals surface area contributed by atoms with E-state index in [1.54, 1.807) is 0 Å². The average Bonchev–Trinajstić information content (AvgIpc) is 2.98. The van der Waals surface area contributed by atoms with Crippen molar-refractivity contribution in [2.75, 3.05) is 25.0 Å². The number of nitrogens with one attached hydrogen (secondary N) is 1. The van der Waals surface area contributed by atoms with Crippen LogP contribution in [0.15, 0.2) is 30.3 Å². The second kappa shape index (κ2) is 6.00. The maximum Gasteiger partial charge on any atom is 0.250 e. The number of hydrogen-bond acceptors (Lipinski definition) is 5. The van der Waals surface area contributed by atoms with Crippen molar-refractivity contribution in [1.29, 1.82) is 0 Å². The van der Waals surface area contributed by atoms with Crippen LogP contribution in [0.3, 0.4) is 0 Å². The highest BCUT2D eigenvalue weighted by Crippen LogP contribution is 2.23. The van der Waals surface area contributed by atoms with E-state index in [1.165, 1.54) is 19.3 Å². The van der Waals surface area contributed by atoms with E-state index in [-0.39, 0.29) is 0 Å². The van der Waals surface area contributed by atoms with Gasteiger partial charge in [0.25, 0.3) is 5.95 Å². The molecule has 1 aliphatic rings. The van der Waals surface area contributed by atoms with E-state index in [9.17, 15) is 0 Å². The summed E-state index contributed by atoms with van der Waals surface area (Å²) >= 11 is 0. The Balaban J connectivity index is 1.92. The first kappa shape index (κ1) is 13.1. The van der Waals surface area contributed by atoms with Crippen LogP contribution in [0.4, 0.5) is 5.95 Å². The van der Waals surface area contributed by atoms with Gasteiger partial charge in [0.15, 0.2) is 0 Å². The second-order valence-corrected chi connectivity index (χ2v) is 5.13. The minimum atomic E-state index is 0.460. The van der Waals surface area contributed by atoms with Crippen molar-refractivity contribution in [2.45, 2.75) is 25.3 Å². The quantitative estimate of drug-likeness (QED) is 0.907. The Kier molecular flexibility index (Phi) is 3.92. The van der Waals surface area contributed by atoms with Crippen molar-refractivity contribution in [3.05, 3.63) is 30.3 Å². The number of rotatable bonds is 4. The van der Waals surface area contributed by atoms with Crippen LogP contribution in [-0.4, -0.2) is 46.4 Å². The molecule has 0 radical (unpaired) electrons. The summed E-state index contributed by atoms with van der Waals surface area (Å²) in [7, 11) is 1.99. The maximum absolute atomic E-state index is 4.25. The summed E-state index contributed by atoms with van der Waals surface area (Å²) in [4.78, 5) is 2.33. The van der Waals surface area contributed by atoms with Crippen LogP contribution in [0.5, 0.6) is 0 Å². The van der Waals surface area contributed by atoms with E-state index in [1.807, 2.05) is 42.1 Å². The summed E-state index contributed by atoms with van der Waals surface area (Å²) in [5.41, 5.74) is 1.00. The summed E-state index contributed by atoms with van der Waals surface area (Å²) in [6.45, 7) is 1.97. The molecular weight excluding hydrogens is 252 g/mol. The molecule has 2 aromatic rings. The van der Waals surface area contributed by atoms with Gasteiger partial charge in [-0.3, -0.25) is 0 Å². The minimum Gasteiger partial charge on any atom is -0.335 e. The number of anilines is 1. The zero-order chi connectivity index (χ0) is 13.8. The second-order valence-electron chi connectivity index (χ2n) is 5.13. The lowest BCUT2D eigenvalue weighted by Gasteiger charge is -2.35. The standard InChI is InChI=1S/C14H20N6/c1-15-11-13-9-5-6-10-19(13)14-16-17-18-20(14)12-7-3-2-4-8-12/h2-4,7-8,13,15H,5-6,9-11H2,1H3. The Morgan fingerprint density at radius 2 is 2.10 bits per heavy atom. The number of hydrogen-bond donors (Lipinski definition) is 1. The molecule has 6 nitrogen and oxygen atoms in total. The van der Waals surface area contributed by atoms with E-state index in [2.05, 4.69) is 25.7 Å². The molecule has 1 aromatic heterocycles. The summed E-state index contributed by atoms with van der Waals surface area (Å²) in [5.74, 6) is 0.844. The van der Waals surface area contributed by atoms with Crippen molar-refractivity contribution in [3.63, 3.8) is 0 Å². The predicted molar refractivity (Wildman–Crippen MR) is 78.1 cm³/mol. The normalized spacial score (nSPS) is 19.2. The van der Waals surface area contributed by atoms with Crippen molar-refractivity contribution in [3.8, 4) is 5.69 Å². The number of aromatic nitrogens is 4. The molecule has 1 aromatic carbocycles. The Labute approximate surface area is 118 Å². The zero-order valence-electron chi connectivity index (χ0n) is 11.7. The number of benzene rings is 1. The molecule has 0 bridgehead atoms. The number of nitrogens with zero attached hydrogens (tertiary/aromatic N) is 5. The Hall–Kier alpha value is -1.95. The Bertz CT molecular complexity index is 536. The predicted octanol–water partition coefficient (Wildman–Crippen LogP) is 1.24. The minimum absolute atomic E-state index is 0.460. The summed E-state index contributed by atoms with van der Waals surface area (Å²) < 4.78 is 1.83. The molecule has 1 atom stereocenters. The first-order valence-electron chi connectivity index (χ1n) is 7.15. The molecule has 3 rings (SSSR count). The highest BCUT2D eigenvalue weighted by Gasteiger charge is 2.26. The van der Waals surface area contributed by atoms with Gasteiger partial charge in [-0.25, -0.2) is 0 Å². The van der Waals surface area contributed by atoms with E-state index in [4.69, 9.17) is 0 Å². The third kappa shape index (κ3) is 2.51. The lowest BCUT2D eigenvalue weighted by molar-refractivity contribution is 0.437. The van der Waals surface area contributed by atoms with E-state index in [0.29, 0.717) is 6.04 Å². The molecule has 1 aliphatic heterocycles. The van der Waals surface area contributed by atoms with Gasteiger partial charge in [-0.2, -0.15) is 4.68 Å². The monoisotopic (exact) mass is 272 g/mol. The van der Waals surface area contributed by atoms with Crippen LogP contribution in [0.25, 0.3) is 5.69 Å². The van der Waals surface area contributed by atoms with E-state index in [0.717, 1.165) is 24.7 Å². The third-order valence-electron chi connectivity index (χ3n) is 3.78. The fourth-order valence-corrected chi connectivity index (χ4v) is 2.81. The third-order valence-corrected chi connectivity index (χ3v) is 3.78. The van der Waals surface area contributed by atoms with Crippen LogP contribution in [0.2, 0.25) is 0 Å². The molecule has 2 heterocycles. The average molecular weight is 272 g/mol. The van der Waals surface area contributed by atoms with Crippen molar-refractivity contribution in [1.82, 2.24) is 25.5 Å². The van der Waals surface area contributed by atoms with Gasteiger partial charge >= 0.3 is 0 Å². The first-order chi connectivity index (χ1) is 9.90. The number of likely N-dealkylation sites (N-methyl/N-ethyl adjacent to an activating group) is 1. The van der Waals surface area contributed by atoms with Crippen LogP contribution in [-0.2, 0) is 0 Å². The number of tetrazole rings is 1.